The Morgan fingerprint density at radius 2 is 2.14 bits per heavy atom. The Morgan fingerprint density at radius 3 is 2.86 bits per heavy atom. The van der Waals surface area contributed by atoms with E-state index in [-0.39, 0.29) is 0 Å². The predicted molar refractivity (Wildman–Crippen MR) is 50.2 cm³/mol. The molecule has 0 aliphatic carbocycles. The van der Waals surface area contributed by atoms with Crippen LogP contribution in [0.4, 0.5) is 5.95 Å². The molecule has 5 heteroatoms. The van der Waals surface area contributed by atoms with Gasteiger partial charge in [-0.05, 0) is 18.2 Å². The summed E-state index contributed by atoms with van der Waals surface area (Å²) in [7, 11) is 0. The SMILES string of the molecule is N#Cc1ccnc(Nn2cccc2)n1. The molecule has 2 rings (SSSR count). The van der Waals surface area contributed by atoms with Gasteiger partial charge in [-0.25, -0.2) is 9.97 Å². The quantitative estimate of drug-likeness (QED) is 0.758. The van der Waals surface area contributed by atoms with Crippen LogP contribution < -0.4 is 5.43 Å². The lowest BCUT2D eigenvalue weighted by Crippen LogP contribution is -2.09. The highest BCUT2D eigenvalue weighted by Gasteiger charge is 1.96. The van der Waals surface area contributed by atoms with Gasteiger partial charge in [0.2, 0.25) is 5.95 Å². The fraction of sp³-hybridized carbons (Fsp3) is 0. The molecule has 5 nitrogen and oxygen atoms in total. The van der Waals surface area contributed by atoms with Crippen molar-refractivity contribution in [2.24, 2.45) is 0 Å². The maximum Gasteiger partial charge on any atom is 0.243 e. The van der Waals surface area contributed by atoms with E-state index in [0.717, 1.165) is 0 Å². The molecule has 2 aromatic rings. The summed E-state index contributed by atoms with van der Waals surface area (Å²) in [4.78, 5) is 7.93. The Kier molecular flexibility index (Phi) is 2.11. The van der Waals surface area contributed by atoms with Crippen molar-refractivity contribution in [2.45, 2.75) is 0 Å². The van der Waals surface area contributed by atoms with E-state index in [0.29, 0.717) is 11.6 Å². The summed E-state index contributed by atoms with van der Waals surface area (Å²) in [5.41, 5.74) is 3.24. The Labute approximate surface area is 80.6 Å². The lowest BCUT2D eigenvalue weighted by atomic mass is 10.4. The van der Waals surface area contributed by atoms with E-state index in [1.54, 1.807) is 10.7 Å². The average molecular weight is 185 g/mol. The second-order valence-corrected chi connectivity index (χ2v) is 2.58. The second-order valence-electron chi connectivity index (χ2n) is 2.58. The van der Waals surface area contributed by atoms with Crippen LogP contribution in [-0.2, 0) is 0 Å². The van der Waals surface area contributed by atoms with Crippen LogP contribution >= 0.6 is 0 Å². The molecular weight excluding hydrogens is 178 g/mol. The molecule has 0 unspecified atom stereocenters. The van der Waals surface area contributed by atoms with Crippen LogP contribution in [-0.4, -0.2) is 14.6 Å². The van der Waals surface area contributed by atoms with Gasteiger partial charge < -0.3 is 0 Å². The summed E-state index contributed by atoms with van der Waals surface area (Å²) < 4.78 is 1.70. The topological polar surface area (TPSA) is 66.5 Å². The van der Waals surface area contributed by atoms with Crippen LogP contribution in [0.25, 0.3) is 0 Å². The molecule has 2 aromatic heterocycles. The van der Waals surface area contributed by atoms with Gasteiger partial charge in [-0.15, -0.1) is 0 Å². The molecule has 2 heterocycles. The predicted octanol–water partition coefficient (Wildman–Crippen LogP) is 1.02. The monoisotopic (exact) mass is 185 g/mol. The fourth-order valence-electron chi connectivity index (χ4n) is 0.999. The minimum absolute atomic E-state index is 0.342. The molecular formula is C9H7N5. The van der Waals surface area contributed by atoms with E-state index in [9.17, 15) is 0 Å². The number of nitrogens with one attached hydrogen (secondary N) is 1. The number of hydrogen-bond acceptors (Lipinski definition) is 4. The molecule has 0 saturated carbocycles. The molecule has 0 aromatic carbocycles. The summed E-state index contributed by atoms with van der Waals surface area (Å²) in [5.74, 6) is 0.403. The van der Waals surface area contributed by atoms with E-state index in [1.165, 1.54) is 6.20 Å². The van der Waals surface area contributed by atoms with Gasteiger partial charge in [-0.2, -0.15) is 5.26 Å². The zero-order valence-electron chi connectivity index (χ0n) is 7.25. The Bertz CT molecular complexity index is 454. The van der Waals surface area contributed by atoms with Crippen LogP contribution in [0.3, 0.4) is 0 Å². The van der Waals surface area contributed by atoms with Crippen molar-refractivity contribution < 1.29 is 0 Å². The Hall–Kier alpha value is -2.35. The largest absolute Gasteiger partial charge is 0.268 e. The Balaban J connectivity index is 2.22. The molecule has 0 aliphatic heterocycles. The van der Waals surface area contributed by atoms with Gasteiger partial charge in [0.1, 0.15) is 11.8 Å². The maximum absolute atomic E-state index is 8.61. The van der Waals surface area contributed by atoms with Gasteiger partial charge in [0.05, 0.1) is 0 Å². The van der Waals surface area contributed by atoms with Gasteiger partial charge in [-0.1, -0.05) is 0 Å². The molecule has 0 saturated heterocycles. The second kappa shape index (κ2) is 3.58. The number of anilines is 1. The lowest BCUT2D eigenvalue weighted by Gasteiger charge is -2.04. The number of hydrogen-bond donors (Lipinski definition) is 1. The van der Waals surface area contributed by atoms with Crippen molar-refractivity contribution >= 4 is 5.95 Å². The zero-order chi connectivity index (χ0) is 9.80. The average Bonchev–Trinajstić information content (AvgIpc) is 2.71. The minimum atomic E-state index is 0.342. The van der Waals surface area contributed by atoms with Gasteiger partial charge in [0.25, 0.3) is 0 Å². The van der Waals surface area contributed by atoms with Crippen molar-refractivity contribution in [3.8, 4) is 6.07 Å². The fourth-order valence-corrected chi connectivity index (χ4v) is 0.999. The van der Waals surface area contributed by atoms with E-state index >= 15 is 0 Å². The lowest BCUT2D eigenvalue weighted by molar-refractivity contribution is 0.924. The van der Waals surface area contributed by atoms with E-state index in [1.807, 2.05) is 30.6 Å². The first-order chi connectivity index (χ1) is 6.88. The van der Waals surface area contributed by atoms with Crippen molar-refractivity contribution in [2.75, 3.05) is 5.43 Å². The van der Waals surface area contributed by atoms with Crippen LogP contribution in [0.15, 0.2) is 36.8 Å². The minimum Gasteiger partial charge on any atom is -0.268 e. The zero-order valence-corrected chi connectivity index (χ0v) is 7.25. The summed E-state index contributed by atoms with van der Waals surface area (Å²) in [6, 6.07) is 7.26. The van der Waals surface area contributed by atoms with Crippen molar-refractivity contribution in [3.05, 3.63) is 42.5 Å². The smallest absolute Gasteiger partial charge is 0.243 e. The van der Waals surface area contributed by atoms with Crippen molar-refractivity contribution in [1.82, 2.24) is 14.6 Å². The molecule has 1 N–H and O–H groups in total. The molecule has 0 amide bonds. The molecule has 0 spiro atoms. The standard InChI is InChI=1S/C9H7N5/c10-7-8-3-4-11-9(12-8)13-14-5-1-2-6-14/h1-6H,(H,11,12,13). The van der Waals surface area contributed by atoms with Crippen molar-refractivity contribution in [1.29, 1.82) is 5.26 Å². The van der Waals surface area contributed by atoms with E-state index in [2.05, 4.69) is 15.4 Å². The highest BCUT2D eigenvalue weighted by atomic mass is 15.4. The third-order valence-electron chi connectivity index (χ3n) is 1.60. The summed E-state index contributed by atoms with van der Waals surface area (Å²) in [5, 5.41) is 8.61. The van der Waals surface area contributed by atoms with Gasteiger partial charge >= 0.3 is 0 Å². The summed E-state index contributed by atoms with van der Waals surface area (Å²) in [6.07, 6.45) is 5.18. The van der Waals surface area contributed by atoms with Crippen LogP contribution in [0.1, 0.15) is 5.69 Å². The maximum atomic E-state index is 8.61. The first-order valence-electron chi connectivity index (χ1n) is 4.01. The first kappa shape index (κ1) is 8.26. The summed E-state index contributed by atoms with van der Waals surface area (Å²) >= 11 is 0. The number of nitrogens with zero attached hydrogens (tertiary/aromatic N) is 4. The molecule has 0 aliphatic rings. The van der Waals surface area contributed by atoms with E-state index in [4.69, 9.17) is 5.26 Å². The molecule has 0 radical (unpaired) electrons. The van der Waals surface area contributed by atoms with E-state index < -0.39 is 0 Å². The third kappa shape index (κ3) is 1.69. The summed E-state index contributed by atoms with van der Waals surface area (Å²) in [6.45, 7) is 0. The van der Waals surface area contributed by atoms with Crippen LogP contribution in [0, 0.1) is 11.3 Å². The number of aromatic nitrogens is 3. The van der Waals surface area contributed by atoms with Crippen LogP contribution in [0.5, 0.6) is 0 Å². The normalized spacial score (nSPS) is 9.36. The molecule has 0 bridgehead atoms. The molecule has 14 heavy (non-hydrogen) atoms. The highest BCUT2D eigenvalue weighted by molar-refractivity contribution is 5.29. The number of rotatable bonds is 2. The molecule has 0 atom stereocenters. The van der Waals surface area contributed by atoms with Crippen LogP contribution in [0.2, 0.25) is 0 Å². The first-order valence-corrected chi connectivity index (χ1v) is 4.01. The third-order valence-corrected chi connectivity index (χ3v) is 1.60. The highest BCUT2D eigenvalue weighted by Crippen LogP contribution is 1.99. The Morgan fingerprint density at radius 1 is 1.36 bits per heavy atom. The van der Waals surface area contributed by atoms with Gasteiger partial charge in [0, 0.05) is 18.6 Å². The van der Waals surface area contributed by atoms with Gasteiger partial charge in [-0.3, -0.25) is 10.1 Å². The van der Waals surface area contributed by atoms with Gasteiger partial charge in [0.15, 0.2) is 0 Å². The van der Waals surface area contributed by atoms with Crippen molar-refractivity contribution in [3.63, 3.8) is 0 Å². The molecule has 68 valence electrons. The molecule has 0 fully saturated rings. The number of nitriles is 1.